The molecule has 0 saturated carbocycles. The zero-order valence-corrected chi connectivity index (χ0v) is 16.2. The van der Waals surface area contributed by atoms with Crippen LogP contribution in [0.1, 0.15) is 39.2 Å². The third kappa shape index (κ3) is 3.46. The Morgan fingerprint density at radius 2 is 2.04 bits per heavy atom. The Kier molecular flexibility index (Phi) is 4.46. The van der Waals surface area contributed by atoms with Crippen LogP contribution in [0, 0.1) is 5.41 Å². The maximum atomic E-state index is 11.9. The molecular formula is C22H26N4O. The fraction of sp³-hybridized carbons (Fsp3) is 0.409. The van der Waals surface area contributed by atoms with E-state index in [2.05, 4.69) is 39.1 Å². The Hall–Kier alpha value is -2.69. The quantitative estimate of drug-likeness (QED) is 0.731. The van der Waals surface area contributed by atoms with Gasteiger partial charge in [0.05, 0.1) is 11.9 Å². The Balaban J connectivity index is 1.70. The van der Waals surface area contributed by atoms with Crippen LogP contribution < -0.4 is 4.90 Å². The summed E-state index contributed by atoms with van der Waals surface area (Å²) in [6, 6.07) is 8.54. The minimum Gasteiger partial charge on any atom is -0.372 e. The van der Waals surface area contributed by atoms with Crippen molar-refractivity contribution < 1.29 is 4.79 Å². The van der Waals surface area contributed by atoms with Gasteiger partial charge in [-0.15, -0.1) is 0 Å². The minimum absolute atomic E-state index is 0.180. The molecule has 0 aliphatic carbocycles. The first-order chi connectivity index (χ1) is 12.9. The van der Waals surface area contributed by atoms with E-state index in [9.17, 15) is 4.79 Å². The number of ketones is 1. The third-order valence-corrected chi connectivity index (χ3v) is 5.66. The van der Waals surface area contributed by atoms with Crippen LogP contribution in [0.5, 0.6) is 0 Å². The summed E-state index contributed by atoms with van der Waals surface area (Å²) < 4.78 is 0. The average Bonchev–Trinajstić information content (AvgIpc) is 3.32. The molecule has 3 aromatic rings. The predicted molar refractivity (Wildman–Crippen MR) is 109 cm³/mol. The fourth-order valence-electron chi connectivity index (χ4n) is 3.65. The molecule has 27 heavy (non-hydrogen) atoms. The van der Waals surface area contributed by atoms with Crippen LogP contribution in [-0.4, -0.2) is 33.8 Å². The van der Waals surface area contributed by atoms with Gasteiger partial charge in [-0.05, 0) is 43.9 Å². The molecular weight excluding hydrogens is 336 g/mol. The number of nitrogens with zero attached hydrogens (tertiary/aromatic N) is 3. The molecule has 0 radical (unpaired) electrons. The van der Waals surface area contributed by atoms with Gasteiger partial charge in [-0.1, -0.05) is 26.0 Å². The highest BCUT2D eigenvalue weighted by Gasteiger charge is 2.26. The molecule has 3 heterocycles. The van der Waals surface area contributed by atoms with E-state index in [1.165, 1.54) is 18.5 Å². The van der Waals surface area contributed by atoms with E-state index in [4.69, 9.17) is 4.98 Å². The van der Waals surface area contributed by atoms with Crippen LogP contribution in [-0.2, 0) is 11.2 Å². The molecule has 1 aliphatic rings. The summed E-state index contributed by atoms with van der Waals surface area (Å²) in [5.74, 6) is 0.180. The van der Waals surface area contributed by atoms with E-state index in [-0.39, 0.29) is 5.78 Å². The number of carbonyl (C=O) groups excluding carboxylic acids is 1. The first-order valence-corrected chi connectivity index (χ1v) is 9.63. The molecule has 4 rings (SSSR count). The Labute approximate surface area is 159 Å². The number of Topliss-reactive ketones (excluding diaryl/α,β-unsaturated/α-hetero) is 1. The SMILES string of the molecule is CC(=O)C(C)(C)Cc1c[nH]c2ncc(-c3cccc(N4CCCC4)c3)nc12. The summed E-state index contributed by atoms with van der Waals surface area (Å²) in [4.78, 5) is 27.0. The third-order valence-electron chi connectivity index (χ3n) is 5.66. The molecule has 1 fully saturated rings. The monoisotopic (exact) mass is 362 g/mol. The van der Waals surface area contributed by atoms with Crippen LogP contribution in [0.2, 0.25) is 0 Å². The largest absolute Gasteiger partial charge is 0.372 e. The van der Waals surface area contributed by atoms with Gasteiger partial charge in [-0.3, -0.25) is 4.79 Å². The molecule has 140 valence electrons. The van der Waals surface area contributed by atoms with Gasteiger partial charge in [0.15, 0.2) is 5.65 Å². The predicted octanol–water partition coefficient (Wildman–Crippen LogP) is 4.38. The molecule has 1 aromatic carbocycles. The van der Waals surface area contributed by atoms with E-state index in [0.717, 1.165) is 41.1 Å². The van der Waals surface area contributed by atoms with Crippen molar-refractivity contribution in [3.63, 3.8) is 0 Å². The van der Waals surface area contributed by atoms with E-state index in [1.807, 2.05) is 26.2 Å². The van der Waals surface area contributed by atoms with Crippen molar-refractivity contribution in [1.82, 2.24) is 15.0 Å². The van der Waals surface area contributed by atoms with E-state index >= 15 is 0 Å². The molecule has 0 bridgehead atoms. The fourth-order valence-corrected chi connectivity index (χ4v) is 3.65. The van der Waals surface area contributed by atoms with Crippen molar-refractivity contribution in [3.8, 4) is 11.3 Å². The highest BCUT2D eigenvalue weighted by atomic mass is 16.1. The molecule has 0 atom stereocenters. The number of H-pyrrole nitrogens is 1. The number of anilines is 1. The van der Waals surface area contributed by atoms with Crippen LogP contribution >= 0.6 is 0 Å². The lowest BCUT2D eigenvalue weighted by atomic mass is 9.83. The number of nitrogens with one attached hydrogen (secondary N) is 1. The summed E-state index contributed by atoms with van der Waals surface area (Å²) in [7, 11) is 0. The number of rotatable bonds is 5. The number of fused-ring (bicyclic) bond motifs is 1. The van der Waals surface area contributed by atoms with Crippen molar-refractivity contribution in [2.45, 2.75) is 40.0 Å². The first kappa shape index (κ1) is 17.7. The van der Waals surface area contributed by atoms with Gasteiger partial charge in [0.25, 0.3) is 0 Å². The molecule has 2 aromatic heterocycles. The smallest absolute Gasteiger partial charge is 0.156 e. The van der Waals surface area contributed by atoms with Crippen molar-refractivity contribution in [1.29, 1.82) is 0 Å². The lowest BCUT2D eigenvalue weighted by Crippen LogP contribution is -2.24. The molecule has 1 saturated heterocycles. The zero-order valence-electron chi connectivity index (χ0n) is 16.2. The van der Waals surface area contributed by atoms with Crippen LogP contribution in [0.3, 0.4) is 0 Å². The van der Waals surface area contributed by atoms with Crippen LogP contribution in [0.25, 0.3) is 22.4 Å². The van der Waals surface area contributed by atoms with Gasteiger partial charge in [-0.25, -0.2) is 9.97 Å². The van der Waals surface area contributed by atoms with Gasteiger partial charge in [0.2, 0.25) is 0 Å². The molecule has 1 aliphatic heterocycles. The Bertz CT molecular complexity index is 983. The normalized spacial score (nSPS) is 14.9. The number of benzene rings is 1. The molecule has 0 unspecified atom stereocenters. The number of hydrogen-bond donors (Lipinski definition) is 1. The number of hydrogen-bond acceptors (Lipinski definition) is 4. The van der Waals surface area contributed by atoms with Crippen molar-refractivity contribution in [3.05, 3.63) is 42.2 Å². The molecule has 1 N–H and O–H groups in total. The van der Waals surface area contributed by atoms with Gasteiger partial charge in [0, 0.05) is 36.0 Å². The molecule has 5 nitrogen and oxygen atoms in total. The summed E-state index contributed by atoms with van der Waals surface area (Å²) in [5, 5.41) is 0. The Morgan fingerprint density at radius 1 is 1.26 bits per heavy atom. The number of aromatic amines is 1. The van der Waals surface area contributed by atoms with Crippen LogP contribution in [0.4, 0.5) is 5.69 Å². The van der Waals surface area contributed by atoms with Gasteiger partial charge >= 0.3 is 0 Å². The van der Waals surface area contributed by atoms with Gasteiger partial charge in [0.1, 0.15) is 11.3 Å². The van der Waals surface area contributed by atoms with E-state index < -0.39 is 5.41 Å². The van der Waals surface area contributed by atoms with Crippen molar-refractivity contribution >= 4 is 22.6 Å². The average molecular weight is 362 g/mol. The van der Waals surface area contributed by atoms with Gasteiger partial charge < -0.3 is 9.88 Å². The van der Waals surface area contributed by atoms with E-state index in [1.54, 1.807) is 6.92 Å². The molecule has 0 amide bonds. The number of carbonyl (C=O) groups is 1. The summed E-state index contributed by atoms with van der Waals surface area (Å²) in [6.07, 6.45) is 6.92. The summed E-state index contributed by atoms with van der Waals surface area (Å²) in [5.41, 5.74) is 5.44. The minimum atomic E-state index is -0.414. The highest BCUT2D eigenvalue weighted by molar-refractivity contribution is 5.84. The maximum Gasteiger partial charge on any atom is 0.156 e. The van der Waals surface area contributed by atoms with Crippen LogP contribution in [0.15, 0.2) is 36.7 Å². The maximum absolute atomic E-state index is 11.9. The highest BCUT2D eigenvalue weighted by Crippen LogP contribution is 2.29. The standard InChI is InChI=1S/C22H26N4O/c1-15(27)22(2,3)12-17-13-23-21-20(17)25-19(14-24-21)16-7-6-8-18(11-16)26-9-4-5-10-26/h6-8,11,13-14H,4-5,9-10,12H2,1-3H3,(H,23,24). The second-order valence-electron chi connectivity index (χ2n) is 8.13. The second kappa shape index (κ2) is 6.80. The Morgan fingerprint density at radius 3 is 2.78 bits per heavy atom. The first-order valence-electron chi connectivity index (χ1n) is 9.63. The van der Waals surface area contributed by atoms with Crippen molar-refractivity contribution in [2.75, 3.05) is 18.0 Å². The van der Waals surface area contributed by atoms with E-state index in [0.29, 0.717) is 6.42 Å². The van der Waals surface area contributed by atoms with Crippen molar-refractivity contribution in [2.24, 2.45) is 5.41 Å². The molecule has 0 spiro atoms. The zero-order chi connectivity index (χ0) is 19.0. The second-order valence-corrected chi connectivity index (χ2v) is 8.13. The lowest BCUT2D eigenvalue weighted by Gasteiger charge is -2.20. The number of aromatic nitrogens is 3. The topological polar surface area (TPSA) is 61.9 Å². The lowest BCUT2D eigenvalue weighted by molar-refractivity contribution is -0.124. The summed E-state index contributed by atoms with van der Waals surface area (Å²) >= 11 is 0. The summed E-state index contributed by atoms with van der Waals surface area (Å²) in [6.45, 7) is 7.85. The molecule has 5 heteroatoms. The van der Waals surface area contributed by atoms with Gasteiger partial charge in [-0.2, -0.15) is 0 Å².